The molecule has 0 aromatic carbocycles. The van der Waals surface area contributed by atoms with Crippen molar-refractivity contribution < 1.29 is 9.53 Å². The molecular weight excluding hydrogens is 200 g/mol. The lowest BCUT2D eigenvalue weighted by Gasteiger charge is -2.32. The van der Waals surface area contributed by atoms with Crippen molar-refractivity contribution >= 4 is 5.78 Å². The average molecular weight is 224 g/mol. The van der Waals surface area contributed by atoms with Crippen LogP contribution in [-0.2, 0) is 9.53 Å². The van der Waals surface area contributed by atoms with E-state index in [0.29, 0.717) is 23.5 Å². The van der Waals surface area contributed by atoms with Gasteiger partial charge in [-0.15, -0.1) is 0 Å². The molecule has 3 atom stereocenters. The molecule has 0 aromatic rings. The molecule has 0 amide bonds. The summed E-state index contributed by atoms with van der Waals surface area (Å²) in [5.41, 5.74) is 0. The number of ketones is 1. The van der Waals surface area contributed by atoms with Gasteiger partial charge in [-0.25, -0.2) is 0 Å². The molecule has 0 aliphatic heterocycles. The molecule has 2 aliphatic carbocycles. The van der Waals surface area contributed by atoms with Gasteiger partial charge in [-0.1, -0.05) is 13.8 Å². The summed E-state index contributed by atoms with van der Waals surface area (Å²) in [5, 5.41) is 0. The molecule has 0 heterocycles. The molecule has 2 heteroatoms. The standard InChI is InChI=1S/C14H24O2/c1-9-6-10(2)8-12(7-9)13(15)14(16-3)11-4-5-11/h9-12,14H,4-8H2,1-3H3. The van der Waals surface area contributed by atoms with E-state index in [1.807, 2.05) is 0 Å². The number of hydrogen-bond donors (Lipinski definition) is 0. The summed E-state index contributed by atoms with van der Waals surface area (Å²) >= 11 is 0. The Morgan fingerprint density at radius 1 is 1.12 bits per heavy atom. The van der Waals surface area contributed by atoms with Crippen LogP contribution in [0.1, 0.15) is 46.0 Å². The fraction of sp³-hybridized carbons (Fsp3) is 0.929. The Balaban J connectivity index is 1.96. The van der Waals surface area contributed by atoms with E-state index in [2.05, 4.69) is 13.8 Å². The first-order valence-corrected chi connectivity index (χ1v) is 6.68. The van der Waals surface area contributed by atoms with Crippen molar-refractivity contribution in [1.29, 1.82) is 0 Å². The highest BCUT2D eigenvalue weighted by Gasteiger charge is 2.40. The van der Waals surface area contributed by atoms with E-state index < -0.39 is 0 Å². The lowest BCUT2D eigenvalue weighted by Crippen LogP contribution is -2.35. The minimum atomic E-state index is -0.0949. The Bertz CT molecular complexity index is 247. The number of ether oxygens (including phenoxy) is 1. The Morgan fingerprint density at radius 3 is 2.12 bits per heavy atom. The number of methoxy groups -OCH3 is 1. The molecule has 0 saturated heterocycles. The smallest absolute Gasteiger partial charge is 0.164 e. The number of carbonyl (C=O) groups is 1. The highest BCUT2D eigenvalue weighted by Crippen LogP contribution is 2.39. The summed E-state index contributed by atoms with van der Waals surface area (Å²) in [7, 11) is 1.69. The third-order valence-corrected chi connectivity index (χ3v) is 4.17. The molecule has 2 aliphatic rings. The quantitative estimate of drug-likeness (QED) is 0.733. The second-order valence-electron chi connectivity index (χ2n) is 6.01. The minimum Gasteiger partial charge on any atom is -0.373 e. The summed E-state index contributed by atoms with van der Waals surface area (Å²) in [5.74, 6) is 2.60. The Morgan fingerprint density at radius 2 is 1.69 bits per heavy atom. The lowest BCUT2D eigenvalue weighted by atomic mass is 9.74. The van der Waals surface area contributed by atoms with Crippen molar-refractivity contribution in [3.05, 3.63) is 0 Å². The molecular formula is C14H24O2. The van der Waals surface area contributed by atoms with Gasteiger partial charge in [0.05, 0.1) is 0 Å². The van der Waals surface area contributed by atoms with Gasteiger partial charge in [0.25, 0.3) is 0 Å². The molecule has 0 bridgehead atoms. The van der Waals surface area contributed by atoms with Crippen molar-refractivity contribution in [2.75, 3.05) is 7.11 Å². The molecule has 0 radical (unpaired) electrons. The maximum absolute atomic E-state index is 12.4. The maximum Gasteiger partial charge on any atom is 0.164 e. The molecule has 2 saturated carbocycles. The third kappa shape index (κ3) is 2.65. The van der Waals surface area contributed by atoms with Gasteiger partial charge >= 0.3 is 0 Å². The third-order valence-electron chi connectivity index (χ3n) is 4.17. The molecule has 2 fully saturated rings. The van der Waals surface area contributed by atoms with E-state index in [1.165, 1.54) is 19.3 Å². The first-order valence-electron chi connectivity index (χ1n) is 6.68. The van der Waals surface area contributed by atoms with E-state index in [0.717, 1.165) is 12.8 Å². The Labute approximate surface area is 98.7 Å². The number of hydrogen-bond acceptors (Lipinski definition) is 2. The van der Waals surface area contributed by atoms with Gasteiger partial charge in [-0.3, -0.25) is 4.79 Å². The highest BCUT2D eigenvalue weighted by molar-refractivity contribution is 5.86. The fourth-order valence-corrected chi connectivity index (χ4v) is 3.35. The van der Waals surface area contributed by atoms with Crippen molar-refractivity contribution in [3.63, 3.8) is 0 Å². The number of rotatable bonds is 4. The normalized spacial score (nSPS) is 37.1. The van der Waals surface area contributed by atoms with E-state index in [1.54, 1.807) is 7.11 Å². The SMILES string of the molecule is COC(C(=O)C1CC(C)CC(C)C1)C1CC1. The first kappa shape index (κ1) is 12.1. The van der Waals surface area contributed by atoms with E-state index in [4.69, 9.17) is 4.74 Å². The van der Waals surface area contributed by atoms with Crippen LogP contribution in [0.2, 0.25) is 0 Å². The van der Waals surface area contributed by atoms with Crippen LogP contribution in [0.3, 0.4) is 0 Å². The molecule has 0 aromatic heterocycles. The van der Waals surface area contributed by atoms with Gasteiger partial charge in [0.1, 0.15) is 6.10 Å². The monoisotopic (exact) mass is 224 g/mol. The van der Waals surface area contributed by atoms with Crippen molar-refractivity contribution in [3.8, 4) is 0 Å². The molecule has 2 rings (SSSR count). The van der Waals surface area contributed by atoms with Crippen LogP contribution in [0, 0.1) is 23.7 Å². The van der Waals surface area contributed by atoms with Crippen LogP contribution in [0.15, 0.2) is 0 Å². The molecule has 92 valence electrons. The number of Topliss-reactive ketones (excluding diaryl/α,β-unsaturated/α-hetero) is 1. The predicted molar refractivity (Wildman–Crippen MR) is 64.2 cm³/mol. The van der Waals surface area contributed by atoms with Gasteiger partial charge in [-0.2, -0.15) is 0 Å². The first-order chi connectivity index (χ1) is 7.61. The summed E-state index contributed by atoms with van der Waals surface area (Å²) < 4.78 is 5.41. The molecule has 0 N–H and O–H groups in total. The summed E-state index contributed by atoms with van der Waals surface area (Å²) in [6, 6.07) is 0. The van der Waals surface area contributed by atoms with Gasteiger partial charge in [0, 0.05) is 13.0 Å². The van der Waals surface area contributed by atoms with Gasteiger partial charge < -0.3 is 4.74 Å². The summed E-state index contributed by atoms with van der Waals surface area (Å²) in [6.45, 7) is 4.55. The van der Waals surface area contributed by atoms with Crippen LogP contribution in [0.5, 0.6) is 0 Å². The fourth-order valence-electron chi connectivity index (χ4n) is 3.35. The zero-order valence-corrected chi connectivity index (χ0v) is 10.7. The Hall–Kier alpha value is -0.370. The van der Waals surface area contributed by atoms with Crippen LogP contribution >= 0.6 is 0 Å². The highest BCUT2D eigenvalue weighted by atomic mass is 16.5. The van der Waals surface area contributed by atoms with E-state index in [-0.39, 0.29) is 12.0 Å². The van der Waals surface area contributed by atoms with Gasteiger partial charge in [-0.05, 0) is 49.9 Å². The van der Waals surface area contributed by atoms with Crippen LogP contribution < -0.4 is 0 Å². The van der Waals surface area contributed by atoms with Gasteiger partial charge in [0.15, 0.2) is 5.78 Å². The largest absolute Gasteiger partial charge is 0.373 e. The van der Waals surface area contributed by atoms with Crippen LogP contribution in [0.25, 0.3) is 0 Å². The molecule has 0 spiro atoms. The molecule has 2 nitrogen and oxygen atoms in total. The van der Waals surface area contributed by atoms with E-state index >= 15 is 0 Å². The Kier molecular flexibility index (Phi) is 3.68. The number of carbonyl (C=O) groups excluding carboxylic acids is 1. The van der Waals surface area contributed by atoms with E-state index in [9.17, 15) is 4.79 Å². The molecule has 16 heavy (non-hydrogen) atoms. The second-order valence-corrected chi connectivity index (χ2v) is 6.01. The van der Waals surface area contributed by atoms with Gasteiger partial charge in [0.2, 0.25) is 0 Å². The minimum absolute atomic E-state index is 0.0949. The topological polar surface area (TPSA) is 26.3 Å². The average Bonchev–Trinajstić information content (AvgIpc) is 3.01. The summed E-state index contributed by atoms with van der Waals surface area (Å²) in [4.78, 5) is 12.4. The molecule has 3 unspecified atom stereocenters. The lowest BCUT2D eigenvalue weighted by molar-refractivity contribution is -0.136. The van der Waals surface area contributed by atoms with Crippen LogP contribution in [-0.4, -0.2) is 19.0 Å². The summed E-state index contributed by atoms with van der Waals surface area (Å²) in [6.07, 6.45) is 5.71. The van der Waals surface area contributed by atoms with Crippen LogP contribution in [0.4, 0.5) is 0 Å². The van der Waals surface area contributed by atoms with Crippen molar-refractivity contribution in [2.45, 2.75) is 52.1 Å². The zero-order chi connectivity index (χ0) is 11.7. The maximum atomic E-state index is 12.4. The second kappa shape index (κ2) is 4.87. The zero-order valence-electron chi connectivity index (χ0n) is 10.7. The predicted octanol–water partition coefficient (Wildman–Crippen LogP) is 3.05. The van der Waals surface area contributed by atoms with Crippen molar-refractivity contribution in [2.24, 2.45) is 23.7 Å². The van der Waals surface area contributed by atoms with Crippen molar-refractivity contribution in [1.82, 2.24) is 0 Å².